The molecule has 164 valence electrons. The van der Waals surface area contributed by atoms with Gasteiger partial charge in [-0.3, -0.25) is 10.2 Å². The maximum atomic E-state index is 12.6. The molecule has 0 spiro atoms. The number of hydrazone groups is 1. The molecule has 2 aromatic carbocycles. The van der Waals surface area contributed by atoms with Crippen molar-refractivity contribution in [2.75, 3.05) is 6.61 Å². The van der Waals surface area contributed by atoms with E-state index in [0.29, 0.717) is 46.9 Å². The lowest BCUT2D eigenvalue weighted by atomic mass is 10.1. The van der Waals surface area contributed by atoms with Crippen molar-refractivity contribution in [2.45, 2.75) is 26.9 Å². The maximum absolute atomic E-state index is 12.6. The summed E-state index contributed by atoms with van der Waals surface area (Å²) in [4.78, 5) is 16.7. The molecular weight excluding hydrogens is 448 g/mol. The fourth-order valence-electron chi connectivity index (χ4n) is 3.15. The third-order valence-electron chi connectivity index (χ3n) is 4.67. The van der Waals surface area contributed by atoms with Gasteiger partial charge in [0.05, 0.1) is 17.2 Å². The van der Waals surface area contributed by atoms with Crippen LogP contribution in [0.25, 0.3) is 6.08 Å². The molecule has 0 saturated carbocycles. The predicted octanol–water partition coefficient (Wildman–Crippen LogP) is 5.35. The summed E-state index contributed by atoms with van der Waals surface area (Å²) in [6.45, 7) is 4.59. The average Bonchev–Trinajstić information content (AvgIpc) is 3.20. The Kier molecular flexibility index (Phi) is 6.62. The van der Waals surface area contributed by atoms with E-state index in [9.17, 15) is 4.79 Å². The molecule has 0 aromatic heterocycles. The molecule has 1 N–H and O–H groups in total. The summed E-state index contributed by atoms with van der Waals surface area (Å²) in [5.74, 6) is 0.386. The second-order valence-corrected chi connectivity index (χ2v) is 8.35. The van der Waals surface area contributed by atoms with E-state index in [0.717, 1.165) is 10.6 Å². The predicted molar refractivity (Wildman–Crippen MR) is 129 cm³/mol. The van der Waals surface area contributed by atoms with Gasteiger partial charge in [-0.2, -0.15) is 15.1 Å². The lowest BCUT2D eigenvalue weighted by Crippen LogP contribution is -2.35. The summed E-state index contributed by atoms with van der Waals surface area (Å²) in [6.07, 6.45) is 2.28. The van der Waals surface area contributed by atoms with Crippen LogP contribution in [0.2, 0.25) is 5.02 Å². The molecule has 9 heteroatoms. The standard InChI is InChI=1S/C23H21ClN4O3S/c1-3-19-27-28-21(25)16(22(29)26-23(28)32-19)10-15-11-17(24)20(18(12-15)30-4-2)31-13-14-8-6-5-7-9-14/h5-12,25H,3-4,13H2,1-2H3. The molecule has 2 aliphatic rings. The van der Waals surface area contributed by atoms with Crippen LogP contribution < -0.4 is 9.47 Å². The van der Waals surface area contributed by atoms with Gasteiger partial charge < -0.3 is 9.47 Å². The van der Waals surface area contributed by atoms with E-state index in [1.165, 1.54) is 16.8 Å². The lowest BCUT2D eigenvalue weighted by molar-refractivity contribution is -0.114. The van der Waals surface area contributed by atoms with E-state index < -0.39 is 5.91 Å². The molecule has 4 rings (SSSR count). The lowest BCUT2D eigenvalue weighted by Gasteiger charge is -2.20. The van der Waals surface area contributed by atoms with Gasteiger partial charge in [-0.1, -0.05) is 48.9 Å². The summed E-state index contributed by atoms with van der Waals surface area (Å²) < 4.78 is 11.7. The first-order chi connectivity index (χ1) is 15.5. The number of benzene rings is 2. The van der Waals surface area contributed by atoms with Gasteiger partial charge in [0.1, 0.15) is 11.7 Å². The van der Waals surface area contributed by atoms with Crippen LogP contribution in [0.4, 0.5) is 0 Å². The molecule has 2 aliphatic heterocycles. The number of carbonyl (C=O) groups is 1. The highest BCUT2D eigenvalue weighted by atomic mass is 35.5. The van der Waals surface area contributed by atoms with Crippen molar-refractivity contribution in [3.05, 3.63) is 64.2 Å². The van der Waals surface area contributed by atoms with Crippen molar-refractivity contribution < 1.29 is 14.3 Å². The molecule has 0 unspecified atom stereocenters. The van der Waals surface area contributed by atoms with Crippen LogP contribution in [-0.4, -0.2) is 33.6 Å². The molecule has 2 aromatic rings. The van der Waals surface area contributed by atoms with E-state index in [1.54, 1.807) is 18.2 Å². The number of amides is 1. The van der Waals surface area contributed by atoms with Crippen molar-refractivity contribution in [3.63, 3.8) is 0 Å². The Morgan fingerprint density at radius 3 is 2.69 bits per heavy atom. The third-order valence-corrected chi connectivity index (χ3v) is 6.00. The largest absolute Gasteiger partial charge is 0.490 e. The Labute approximate surface area is 195 Å². The summed E-state index contributed by atoms with van der Waals surface area (Å²) in [5.41, 5.74) is 1.73. The highest BCUT2D eigenvalue weighted by molar-refractivity contribution is 8.26. The number of hydrogen-bond donors (Lipinski definition) is 1. The number of ether oxygens (including phenoxy) is 2. The topological polar surface area (TPSA) is 87.3 Å². The number of rotatable bonds is 7. The quantitative estimate of drug-likeness (QED) is 0.553. The number of thioether (sulfide) groups is 1. The van der Waals surface area contributed by atoms with Crippen LogP contribution in [0.3, 0.4) is 0 Å². The molecule has 0 saturated heterocycles. The van der Waals surface area contributed by atoms with Gasteiger partial charge >= 0.3 is 0 Å². The SMILES string of the molecule is CCOc1cc(C=C2C(=N)N3N=C(CC)SC3=NC2=O)cc(Cl)c1OCc1ccccc1. The Bertz CT molecular complexity index is 1160. The van der Waals surface area contributed by atoms with Crippen molar-refractivity contribution in [1.29, 1.82) is 5.41 Å². The Morgan fingerprint density at radius 1 is 1.19 bits per heavy atom. The molecule has 0 radical (unpaired) electrons. The van der Waals surface area contributed by atoms with Gasteiger partial charge in [0.25, 0.3) is 5.91 Å². The molecule has 0 bridgehead atoms. The molecule has 2 heterocycles. The van der Waals surface area contributed by atoms with Crippen LogP contribution in [0.5, 0.6) is 11.5 Å². The van der Waals surface area contributed by atoms with E-state index in [-0.39, 0.29) is 11.4 Å². The molecule has 1 amide bonds. The van der Waals surface area contributed by atoms with Gasteiger partial charge in [-0.15, -0.1) is 0 Å². The number of carbonyl (C=O) groups excluding carboxylic acids is 1. The fourth-order valence-corrected chi connectivity index (χ4v) is 4.24. The summed E-state index contributed by atoms with van der Waals surface area (Å²) >= 11 is 7.82. The van der Waals surface area contributed by atoms with Crippen LogP contribution in [-0.2, 0) is 11.4 Å². The van der Waals surface area contributed by atoms with Gasteiger partial charge in [0, 0.05) is 0 Å². The minimum absolute atomic E-state index is 0.0190. The maximum Gasteiger partial charge on any atom is 0.283 e. The molecule has 0 aliphatic carbocycles. The van der Waals surface area contributed by atoms with Crippen molar-refractivity contribution >= 4 is 51.4 Å². The first-order valence-electron chi connectivity index (χ1n) is 10.1. The summed E-state index contributed by atoms with van der Waals surface area (Å²) in [5, 5.41) is 15.8. The highest BCUT2D eigenvalue weighted by Gasteiger charge is 2.35. The number of nitrogens with one attached hydrogen (secondary N) is 1. The van der Waals surface area contributed by atoms with Gasteiger partial charge in [0.15, 0.2) is 17.3 Å². The number of amidine groups is 2. The highest BCUT2D eigenvalue weighted by Crippen LogP contribution is 2.38. The monoisotopic (exact) mass is 468 g/mol. The van der Waals surface area contributed by atoms with Gasteiger partial charge in [-0.05, 0) is 54.4 Å². The zero-order chi connectivity index (χ0) is 22.7. The van der Waals surface area contributed by atoms with E-state index in [2.05, 4.69) is 10.1 Å². The van der Waals surface area contributed by atoms with Gasteiger partial charge in [0.2, 0.25) is 5.17 Å². The summed E-state index contributed by atoms with van der Waals surface area (Å²) in [7, 11) is 0. The minimum atomic E-state index is -0.486. The molecule has 32 heavy (non-hydrogen) atoms. The minimum Gasteiger partial charge on any atom is -0.490 e. The zero-order valence-electron chi connectivity index (χ0n) is 17.6. The van der Waals surface area contributed by atoms with Crippen LogP contribution >= 0.6 is 23.4 Å². The van der Waals surface area contributed by atoms with E-state index in [1.807, 2.05) is 44.2 Å². The van der Waals surface area contributed by atoms with Gasteiger partial charge in [-0.25, -0.2) is 0 Å². The van der Waals surface area contributed by atoms with Crippen LogP contribution in [0, 0.1) is 5.41 Å². The second kappa shape index (κ2) is 9.58. The molecule has 7 nitrogen and oxygen atoms in total. The number of fused-ring (bicyclic) bond motifs is 1. The number of nitrogens with zero attached hydrogens (tertiary/aromatic N) is 3. The van der Waals surface area contributed by atoms with Crippen LogP contribution in [0.15, 0.2) is 58.1 Å². The fraction of sp³-hybridized carbons (Fsp3) is 0.217. The molecular formula is C23H21ClN4O3S. The first kappa shape index (κ1) is 22.1. The summed E-state index contributed by atoms with van der Waals surface area (Å²) in [6, 6.07) is 13.2. The van der Waals surface area contributed by atoms with Crippen molar-refractivity contribution in [1.82, 2.24) is 5.01 Å². The smallest absolute Gasteiger partial charge is 0.283 e. The van der Waals surface area contributed by atoms with Crippen molar-refractivity contribution in [2.24, 2.45) is 10.1 Å². The normalized spacial score (nSPS) is 16.7. The molecule has 0 fully saturated rings. The van der Waals surface area contributed by atoms with Crippen molar-refractivity contribution in [3.8, 4) is 11.5 Å². The Hall–Kier alpha value is -3.10. The molecule has 0 atom stereocenters. The second-order valence-electron chi connectivity index (χ2n) is 6.90. The van der Waals surface area contributed by atoms with E-state index >= 15 is 0 Å². The average molecular weight is 469 g/mol. The number of hydrogen-bond acceptors (Lipinski definition) is 6. The Balaban J connectivity index is 1.64. The third kappa shape index (κ3) is 4.56. The Morgan fingerprint density at radius 2 is 1.97 bits per heavy atom. The number of aliphatic imine (C=N–C) groups is 1. The number of halogens is 1. The first-order valence-corrected chi connectivity index (χ1v) is 11.3. The zero-order valence-corrected chi connectivity index (χ0v) is 19.2. The van der Waals surface area contributed by atoms with E-state index in [4.69, 9.17) is 26.5 Å². The van der Waals surface area contributed by atoms with Crippen LogP contribution in [0.1, 0.15) is 31.4 Å².